The van der Waals surface area contributed by atoms with E-state index in [9.17, 15) is 4.79 Å². The third-order valence-electron chi connectivity index (χ3n) is 1.23. The second-order valence-electron chi connectivity index (χ2n) is 2.32. The summed E-state index contributed by atoms with van der Waals surface area (Å²) in [6.45, 7) is 3.14. The molecule has 0 aromatic heterocycles. The number of ether oxygens (including phenoxy) is 1. The van der Waals surface area contributed by atoms with E-state index in [1.54, 1.807) is 6.92 Å². The number of hydrogen-bond acceptors (Lipinski definition) is 4. The summed E-state index contributed by atoms with van der Waals surface area (Å²) in [4.78, 5) is 10.9. The second-order valence-corrected chi connectivity index (χ2v) is 2.32. The molecular formula is C8H14O4. The summed E-state index contributed by atoms with van der Waals surface area (Å²) in [6, 6.07) is 0. The lowest BCUT2D eigenvalue weighted by atomic mass is 10.2. The summed E-state index contributed by atoms with van der Waals surface area (Å²) < 4.78 is 4.65. The van der Waals surface area contributed by atoms with E-state index in [2.05, 4.69) is 4.74 Å². The van der Waals surface area contributed by atoms with Gasteiger partial charge in [-0.1, -0.05) is 0 Å². The van der Waals surface area contributed by atoms with Crippen LogP contribution in [0.4, 0.5) is 0 Å². The van der Waals surface area contributed by atoms with Gasteiger partial charge in [0.2, 0.25) is 0 Å². The van der Waals surface area contributed by atoms with Gasteiger partial charge in [-0.15, -0.1) is 0 Å². The smallest absolute Gasteiger partial charge is 0.333 e. The van der Waals surface area contributed by atoms with Crippen molar-refractivity contribution in [2.24, 2.45) is 0 Å². The van der Waals surface area contributed by atoms with Crippen LogP contribution in [-0.2, 0) is 9.53 Å². The molecule has 0 aliphatic heterocycles. The largest absolute Gasteiger partial charge is 0.463 e. The van der Waals surface area contributed by atoms with E-state index < -0.39 is 18.7 Å². The van der Waals surface area contributed by atoms with Crippen LogP contribution in [0.5, 0.6) is 0 Å². The van der Waals surface area contributed by atoms with Gasteiger partial charge in [0, 0.05) is 5.57 Å². The molecular weight excluding hydrogens is 160 g/mol. The first-order valence-electron chi connectivity index (χ1n) is 3.76. The summed E-state index contributed by atoms with van der Waals surface area (Å²) in [5.74, 6) is -0.468. The molecule has 4 nitrogen and oxygen atoms in total. The third-order valence-corrected chi connectivity index (χ3v) is 1.23. The molecule has 0 radical (unpaired) electrons. The molecule has 12 heavy (non-hydrogen) atoms. The average molecular weight is 174 g/mol. The van der Waals surface area contributed by atoms with Crippen LogP contribution in [0.3, 0.4) is 0 Å². The number of carbonyl (C=O) groups is 1. The van der Waals surface area contributed by atoms with Crippen LogP contribution < -0.4 is 0 Å². The van der Waals surface area contributed by atoms with Crippen LogP contribution in [0.1, 0.15) is 13.8 Å². The first-order chi connectivity index (χ1) is 5.61. The Morgan fingerprint density at radius 2 is 2.25 bits per heavy atom. The number of aliphatic hydroxyl groups is 2. The Labute approximate surface area is 71.5 Å². The molecule has 0 amide bonds. The Kier molecular flexibility index (Phi) is 5.32. The normalized spacial score (nSPS) is 14.2. The van der Waals surface area contributed by atoms with Crippen molar-refractivity contribution < 1.29 is 19.7 Å². The Hall–Kier alpha value is -0.870. The van der Waals surface area contributed by atoms with E-state index in [4.69, 9.17) is 10.2 Å². The summed E-state index contributed by atoms with van der Waals surface area (Å²) >= 11 is 0. The molecule has 0 aliphatic carbocycles. The first-order valence-corrected chi connectivity index (χ1v) is 3.76. The minimum absolute atomic E-state index is 0.304. The van der Waals surface area contributed by atoms with Crippen molar-refractivity contribution in [3.8, 4) is 0 Å². The number of esters is 1. The zero-order valence-corrected chi connectivity index (χ0v) is 7.28. The van der Waals surface area contributed by atoms with Gasteiger partial charge in [-0.25, -0.2) is 4.79 Å². The fraction of sp³-hybridized carbons (Fsp3) is 0.625. The maximum Gasteiger partial charge on any atom is 0.333 e. The number of hydrogen-bond donors (Lipinski definition) is 2. The molecule has 0 fully saturated rings. The van der Waals surface area contributed by atoms with Crippen LogP contribution >= 0.6 is 0 Å². The third kappa shape index (κ3) is 4.10. The first kappa shape index (κ1) is 11.1. The van der Waals surface area contributed by atoms with Crippen LogP contribution in [0.15, 0.2) is 11.6 Å². The highest BCUT2D eigenvalue weighted by Crippen LogP contribution is 1.98. The molecule has 0 rings (SSSR count). The lowest BCUT2D eigenvalue weighted by molar-refractivity contribution is -0.138. The fourth-order valence-corrected chi connectivity index (χ4v) is 0.654. The Balaban J connectivity index is 4.07. The van der Waals surface area contributed by atoms with Gasteiger partial charge in [0.15, 0.2) is 0 Å². The lowest BCUT2D eigenvalue weighted by Gasteiger charge is -2.03. The minimum atomic E-state index is -0.991. The average Bonchev–Trinajstić information content (AvgIpc) is 2.04. The van der Waals surface area contributed by atoms with Crippen molar-refractivity contribution in [3.05, 3.63) is 11.6 Å². The quantitative estimate of drug-likeness (QED) is 0.459. The van der Waals surface area contributed by atoms with Crippen molar-refractivity contribution in [2.75, 3.05) is 13.2 Å². The molecule has 0 spiro atoms. The van der Waals surface area contributed by atoms with Crippen LogP contribution in [0.2, 0.25) is 0 Å². The van der Waals surface area contributed by atoms with Gasteiger partial charge in [-0.3, -0.25) is 0 Å². The molecule has 0 heterocycles. The molecule has 0 aromatic rings. The van der Waals surface area contributed by atoms with Gasteiger partial charge in [0.05, 0.1) is 19.3 Å². The van der Waals surface area contributed by atoms with E-state index in [1.807, 2.05) is 0 Å². The van der Waals surface area contributed by atoms with Gasteiger partial charge < -0.3 is 14.9 Å². The summed E-state index contributed by atoms with van der Waals surface area (Å²) in [5.41, 5.74) is 0.304. The van der Waals surface area contributed by atoms with Gasteiger partial charge in [0.25, 0.3) is 0 Å². The fourth-order valence-electron chi connectivity index (χ4n) is 0.654. The van der Waals surface area contributed by atoms with Crippen LogP contribution in [0, 0.1) is 0 Å². The van der Waals surface area contributed by atoms with Crippen molar-refractivity contribution in [1.82, 2.24) is 0 Å². The molecule has 0 saturated heterocycles. The predicted molar refractivity (Wildman–Crippen MR) is 43.5 cm³/mol. The van der Waals surface area contributed by atoms with Crippen molar-refractivity contribution in [3.63, 3.8) is 0 Å². The van der Waals surface area contributed by atoms with Gasteiger partial charge in [0.1, 0.15) is 0 Å². The molecule has 0 saturated carbocycles. The van der Waals surface area contributed by atoms with E-state index in [0.29, 0.717) is 12.2 Å². The highest BCUT2D eigenvalue weighted by molar-refractivity contribution is 5.87. The van der Waals surface area contributed by atoms with Crippen LogP contribution in [-0.4, -0.2) is 35.5 Å². The van der Waals surface area contributed by atoms with E-state index in [-0.39, 0.29) is 0 Å². The zero-order valence-electron chi connectivity index (χ0n) is 7.28. The maximum atomic E-state index is 10.9. The van der Waals surface area contributed by atoms with Gasteiger partial charge >= 0.3 is 5.97 Å². The number of carbonyl (C=O) groups excluding carboxylic acids is 1. The topological polar surface area (TPSA) is 66.8 Å². The Bertz CT molecular complexity index is 174. The number of aliphatic hydroxyl groups excluding tert-OH is 2. The molecule has 2 N–H and O–H groups in total. The number of rotatable bonds is 4. The minimum Gasteiger partial charge on any atom is -0.463 e. The van der Waals surface area contributed by atoms with Crippen molar-refractivity contribution in [1.29, 1.82) is 0 Å². The summed E-state index contributed by atoms with van der Waals surface area (Å²) in [6.07, 6.45) is 0.271. The zero-order chi connectivity index (χ0) is 9.56. The molecule has 70 valence electrons. The lowest BCUT2D eigenvalue weighted by Crippen LogP contribution is -2.12. The van der Waals surface area contributed by atoms with Gasteiger partial charge in [-0.2, -0.15) is 0 Å². The summed E-state index contributed by atoms with van der Waals surface area (Å²) in [7, 11) is 0. The monoisotopic (exact) mass is 174 g/mol. The van der Waals surface area contributed by atoms with Crippen molar-refractivity contribution >= 4 is 5.97 Å². The standard InChI is InChI=1S/C8H14O4/c1-3-12-8(11)6(2)4-7(10)5-9/h4,7,9-10H,3,5H2,1-2H3/b6-4+. The molecule has 1 atom stereocenters. The Morgan fingerprint density at radius 3 is 2.67 bits per heavy atom. The molecule has 0 aliphatic rings. The summed E-state index contributed by atoms with van der Waals surface area (Å²) in [5, 5.41) is 17.4. The van der Waals surface area contributed by atoms with E-state index in [0.717, 1.165) is 0 Å². The second kappa shape index (κ2) is 5.74. The van der Waals surface area contributed by atoms with E-state index in [1.165, 1.54) is 13.0 Å². The van der Waals surface area contributed by atoms with Gasteiger partial charge in [-0.05, 0) is 19.9 Å². The molecule has 1 unspecified atom stereocenters. The Morgan fingerprint density at radius 1 is 1.67 bits per heavy atom. The van der Waals surface area contributed by atoms with Crippen molar-refractivity contribution in [2.45, 2.75) is 20.0 Å². The predicted octanol–water partition coefficient (Wildman–Crippen LogP) is -0.151. The SMILES string of the molecule is CCOC(=O)/C(C)=C/C(O)CO. The highest BCUT2D eigenvalue weighted by Gasteiger charge is 2.06. The van der Waals surface area contributed by atoms with E-state index >= 15 is 0 Å². The maximum absolute atomic E-state index is 10.9. The highest BCUT2D eigenvalue weighted by atomic mass is 16.5. The van der Waals surface area contributed by atoms with Crippen LogP contribution in [0.25, 0.3) is 0 Å². The molecule has 0 bridgehead atoms. The molecule has 4 heteroatoms. The molecule has 0 aromatic carbocycles.